The minimum atomic E-state index is -0.541. The van der Waals surface area contributed by atoms with Crippen molar-refractivity contribution in [3.63, 3.8) is 0 Å². The maximum atomic E-state index is 12.5. The Bertz CT molecular complexity index is 1090. The number of ether oxygens (including phenoxy) is 1. The van der Waals surface area contributed by atoms with Crippen LogP contribution >= 0.6 is 11.6 Å². The quantitative estimate of drug-likeness (QED) is 0.674. The molecule has 138 valence electrons. The Hall–Kier alpha value is -3.82. The lowest BCUT2D eigenvalue weighted by Gasteiger charge is -2.10. The molecule has 28 heavy (non-hydrogen) atoms. The van der Waals surface area contributed by atoms with Crippen LogP contribution < -0.4 is 15.8 Å². The van der Waals surface area contributed by atoms with Crippen LogP contribution in [0.25, 0.3) is 0 Å². The highest BCUT2D eigenvalue weighted by atomic mass is 35.5. The molecule has 6 nitrogen and oxygen atoms in total. The Labute approximate surface area is 166 Å². The van der Waals surface area contributed by atoms with E-state index in [2.05, 4.69) is 5.32 Å². The van der Waals surface area contributed by atoms with E-state index < -0.39 is 5.91 Å². The van der Waals surface area contributed by atoms with E-state index >= 15 is 0 Å². The Balaban J connectivity index is 1.77. The Morgan fingerprint density at radius 2 is 1.71 bits per heavy atom. The van der Waals surface area contributed by atoms with Crippen LogP contribution in [0.3, 0.4) is 0 Å². The molecule has 0 aliphatic rings. The average molecular weight is 392 g/mol. The molecular formula is C21H14ClN3O3. The van der Waals surface area contributed by atoms with E-state index in [-0.39, 0.29) is 16.5 Å². The van der Waals surface area contributed by atoms with Crippen molar-refractivity contribution in [3.8, 4) is 17.6 Å². The smallest absolute Gasteiger partial charge is 0.255 e. The zero-order chi connectivity index (χ0) is 20.1. The first kappa shape index (κ1) is 19.0. The predicted molar refractivity (Wildman–Crippen MR) is 106 cm³/mol. The fourth-order valence-electron chi connectivity index (χ4n) is 2.45. The van der Waals surface area contributed by atoms with E-state index in [4.69, 9.17) is 22.1 Å². The molecule has 3 aromatic carbocycles. The van der Waals surface area contributed by atoms with Gasteiger partial charge in [0.25, 0.3) is 5.91 Å². The number of nitrogens with zero attached hydrogens (tertiary/aromatic N) is 1. The molecule has 0 heterocycles. The highest BCUT2D eigenvalue weighted by Gasteiger charge is 2.11. The van der Waals surface area contributed by atoms with E-state index in [1.165, 1.54) is 12.1 Å². The summed E-state index contributed by atoms with van der Waals surface area (Å²) in [5.74, 6) is -0.213. The molecule has 0 aromatic heterocycles. The van der Waals surface area contributed by atoms with Crippen molar-refractivity contribution >= 4 is 29.1 Å². The third-order valence-electron chi connectivity index (χ3n) is 3.84. The van der Waals surface area contributed by atoms with Gasteiger partial charge in [-0.25, -0.2) is 0 Å². The van der Waals surface area contributed by atoms with Gasteiger partial charge in [-0.05, 0) is 54.6 Å². The van der Waals surface area contributed by atoms with Gasteiger partial charge in [-0.15, -0.1) is 0 Å². The lowest BCUT2D eigenvalue weighted by Crippen LogP contribution is -2.13. The van der Waals surface area contributed by atoms with Crippen LogP contribution in [0, 0.1) is 11.3 Å². The lowest BCUT2D eigenvalue weighted by atomic mass is 10.1. The van der Waals surface area contributed by atoms with Crippen molar-refractivity contribution in [3.05, 3.63) is 88.4 Å². The lowest BCUT2D eigenvalue weighted by molar-refractivity contribution is 0.0998. The largest absolute Gasteiger partial charge is 0.456 e. The number of hydrogen-bond acceptors (Lipinski definition) is 4. The summed E-state index contributed by atoms with van der Waals surface area (Å²) in [5.41, 5.74) is 6.64. The topological polar surface area (TPSA) is 105 Å². The Morgan fingerprint density at radius 1 is 1.00 bits per heavy atom. The number of amides is 2. The zero-order valence-corrected chi connectivity index (χ0v) is 15.2. The number of carbonyl (C=O) groups is 2. The van der Waals surface area contributed by atoms with E-state index in [1.807, 2.05) is 6.07 Å². The van der Waals surface area contributed by atoms with Gasteiger partial charge in [-0.1, -0.05) is 23.7 Å². The van der Waals surface area contributed by atoms with Crippen LogP contribution in [0.4, 0.5) is 5.69 Å². The highest BCUT2D eigenvalue weighted by Crippen LogP contribution is 2.30. The molecule has 2 amide bonds. The van der Waals surface area contributed by atoms with Crippen molar-refractivity contribution < 1.29 is 14.3 Å². The third kappa shape index (κ3) is 4.29. The highest BCUT2D eigenvalue weighted by molar-refractivity contribution is 6.31. The number of nitrogens with one attached hydrogen (secondary N) is 1. The van der Waals surface area contributed by atoms with Crippen LogP contribution in [-0.4, -0.2) is 11.8 Å². The molecule has 3 rings (SSSR count). The third-order valence-corrected chi connectivity index (χ3v) is 4.15. The Morgan fingerprint density at radius 3 is 2.39 bits per heavy atom. The van der Waals surface area contributed by atoms with Gasteiger partial charge in [-0.3, -0.25) is 9.59 Å². The molecule has 3 N–H and O–H groups in total. The van der Waals surface area contributed by atoms with E-state index in [0.29, 0.717) is 28.3 Å². The van der Waals surface area contributed by atoms with Gasteiger partial charge in [-0.2, -0.15) is 5.26 Å². The molecule has 0 aliphatic carbocycles. The van der Waals surface area contributed by atoms with Crippen molar-refractivity contribution in [1.82, 2.24) is 0 Å². The molecule has 3 aromatic rings. The molecule has 0 unspecified atom stereocenters. The van der Waals surface area contributed by atoms with Crippen LogP contribution in [0.2, 0.25) is 5.02 Å². The second-order valence-corrected chi connectivity index (χ2v) is 6.16. The number of carbonyl (C=O) groups excluding carboxylic acids is 2. The first-order valence-electron chi connectivity index (χ1n) is 8.15. The van der Waals surface area contributed by atoms with Crippen LogP contribution in [0.1, 0.15) is 26.3 Å². The first-order valence-corrected chi connectivity index (χ1v) is 8.53. The number of rotatable bonds is 5. The van der Waals surface area contributed by atoms with Gasteiger partial charge in [0.1, 0.15) is 23.1 Å². The summed E-state index contributed by atoms with van der Waals surface area (Å²) in [7, 11) is 0. The van der Waals surface area contributed by atoms with Crippen molar-refractivity contribution in [2.45, 2.75) is 0 Å². The number of nitriles is 1. The normalized spacial score (nSPS) is 10.0. The van der Waals surface area contributed by atoms with E-state index in [0.717, 1.165) is 0 Å². The van der Waals surface area contributed by atoms with Gasteiger partial charge >= 0.3 is 0 Å². The minimum Gasteiger partial charge on any atom is -0.456 e. The maximum absolute atomic E-state index is 12.5. The molecule has 0 saturated heterocycles. The summed E-state index contributed by atoms with van der Waals surface area (Å²) >= 11 is 6.00. The maximum Gasteiger partial charge on any atom is 0.255 e. The van der Waals surface area contributed by atoms with Crippen molar-refractivity contribution in [1.29, 1.82) is 5.26 Å². The van der Waals surface area contributed by atoms with Gasteiger partial charge in [0.2, 0.25) is 5.91 Å². The van der Waals surface area contributed by atoms with Gasteiger partial charge < -0.3 is 15.8 Å². The molecule has 0 radical (unpaired) electrons. The predicted octanol–water partition coefficient (Wildman–Crippen LogP) is 4.36. The molecular weight excluding hydrogens is 378 g/mol. The fraction of sp³-hybridized carbons (Fsp3) is 0. The molecule has 0 saturated carbocycles. The summed E-state index contributed by atoms with van der Waals surface area (Å²) in [6.07, 6.45) is 0. The number of nitrogens with two attached hydrogens (primary N) is 1. The number of halogens is 1. The second-order valence-electron chi connectivity index (χ2n) is 5.75. The van der Waals surface area contributed by atoms with Crippen LogP contribution in [0.15, 0.2) is 66.7 Å². The molecule has 0 fully saturated rings. The first-order chi connectivity index (χ1) is 13.5. The number of benzene rings is 3. The summed E-state index contributed by atoms with van der Waals surface area (Å²) in [6, 6.07) is 19.6. The SMILES string of the molecule is N#Cc1c(Cl)cccc1Oc1cccc(C(=O)Nc2ccc(C(N)=O)cc2)c1. The second kappa shape index (κ2) is 8.25. The standard InChI is InChI=1S/C21H14ClN3O3/c22-18-5-2-6-19(17(18)12-23)28-16-4-1-3-14(11-16)21(27)25-15-9-7-13(8-10-15)20(24)26/h1-11H,(H2,24,26)(H,25,27). The molecule has 0 spiro atoms. The molecule has 0 bridgehead atoms. The number of hydrogen-bond donors (Lipinski definition) is 2. The van der Waals surface area contributed by atoms with Crippen LogP contribution in [0.5, 0.6) is 11.5 Å². The van der Waals surface area contributed by atoms with E-state index in [1.54, 1.807) is 54.6 Å². The zero-order valence-electron chi connectivity index (χ0n) is 14.5. The number of primary amides is 1. The number of anilines is 1. The Kier molecular flexibility index (Phi) is 5.58. The summed E-state index contributed by atoms with van der Waals surface area (Å²) in [4.78, 5) is 23.6. The molecule has 0 atom stereocenters. The van der Waals surface area contributed by atoms with Crippen molar-refractivity contribution in [2.24, 2.45) is 5.73 Å². The average Bonchev–Trinajstić information content (AvgIpc) is 2.69. The fourth-order valence-corrected chi connectivity index (χ4v) is 2.65. The van der Waals surface area contributed by atoms with Gasteiger partial charge in [0.15, 0.2) is 0 Å². The molecule has 7 heteroatoms. The van der Waals surface area contributed by atoms with Crippen molar-refractivity contribution in [2.75, 3.05) is 5.32 Å². The van der Waals surface area contributed by atoms with Gasteiger partial charge in [0.05, 0.1) is 5.02 Å². The minimum absolute atomic E-state index is 0.216. The van der Waals surface area contributed by atoms with E-state index in [9.17, 15) is 14.9 Å². The molecule has 0 aliphatic heterocycles. The summed E-state index contributed by atoms with van der Waals surface area (Å²) in [6.45, 7) is 0. The summed E-state index contributed by atoms with van der Waals surface area (Å²) in [5, 5.41) is 12.2. The summed E-state index contributed by atoms with van der Waals surface area (Å²) < 4.78 is 5.73. The van der Waals surface area contributed by atoms with Gasteiger partial charge in [0, 0.05) is 16.8 Å². The monoisotopic (exact) mass is 391 g/mol. The van der Waals surface area contributed by atoms with Crippen LogP contribution in [-0.2, 0) is 0 Å².